The van der Waals surface area contributed by atoms with Crippen LogP contribution < -0.4 is 0 Å². The van der Waals surface area contributed by atoms with Crippen LogP contribution in [-0.2, 0) is 9.53 Å². The Bertz CT molecular complexity index is 209. The van der Waals surface area contributed by atoms with Gasteiger partial charge in [0.15, 0.2) is 0 Å². The number of hydrogen-bond donors (Lipinski definition) is 0. The van der Waals surface area contributed by atoms with Gasteiger partial charge in [-0.1, -0.05) is 45.6 Å². The molecule has 15 heavy (non-hydrogen) atoms. The molecule has 2 heteroatoms. The van der Waals surface area contributed by atoms with Crippen molar-refractivity contribution in [1.82, 2.24) is 0 Å². The second-order valence-corrected chi connectivity index (χ2v) is 3.82. The Morgan fingerprint density at radius 3 is 1.73 bits per heavy atom. The van der Waals surface area contributed by atoms with Gasteiger partial charge in [0.1, 0.15) is 0 Å². The van der Waals surface area contributed by atoms with Crippen LogP contribution in [0.1, 0.15) is 59.3 Å². The van der Waals surface area contributed by atoms with Crippen molar-refractivity contribution in [3.05, 3.63) is 11.1 Å². The third-order valence-electron chi connectivity index (χ3n) is 2.46. The number of ether oxygens (including phenoxy) is 1. The Kier molecular flexibility index (Phi) is 8.06. The molecule has 88 valence electrons. The lowest BCUT2D eigenvalue weighted by molar-refractivity contribution is -0.136. The molecule has 0 radical (unpaired) electrons. The van der Waals surface area contributed by atoms with E-state index >= 15 is 0 Å². The Hall–Kier alpha value is -0.790. The lowest BCUT2D eigenvalue weighted by Gasteiger charge is -2.12. The summed E-state index contributed by atoms with van der Waals surface area (Å²) in [5, 5.41) is 0. The maximum absolute atomic E-state index is 11.6. The fourth-order valence-corrected chi connectivity index (χ4v) is 1.83. The molecule has 0 aliphatic carbocycles. The number of rotatable bonds is 7. The second-order valence-electron chi connectivity index (χ2n) is 3.82. The lowest BCUT2D eigenvalue weighted by Crippen LogP contribution is -2.08. The van der Waals surface area contributed by atoms with E-state index < -0.39 is 0 Å². The molecule has 0 unspecified atom stereocenters. The summed E-state index contributed by atoms with van der Waals surface area (Å²) < 4.78 is 4.84. The van der Waals surface area contributed by atoms with Crippen LogP contribution in [0.15, 0.2) is 11.1 Å². The molecule has 0 aromatic rings. The zero-order valence-corrected chi connectivity index (χ0v) is 10.6. The van der Waals surface area contributed by atoms with Crippen LogP contribution in [0, 0.1) is 0 Å². The summed E-state index contributed by atoms with van der Waals surface area (Å²) in [6, 6.07) is 0. The molecule has 0 saturated carbocycles. The first kappa shape index (κ1) is 14.2. The van der Waals surface area contributed by atoms with Crippen molar-refractivity contribution in [3.8, 4) is 0 Å². The highest BCUT2D eigenvalue weighted by Gasteiger charge is 2.13. The Morgan fingerprint density at radius 1 is 0.933 bits per heavy atom. The van der Waals surface area contributed by atoms with Gasteiger partial charge in [-0.15, -0.1) is 0 Å². The Balaban J connectivity index is 4.85. The van der Waals surface area contributed by atoms with Gasteiger partial charge in [0, 0.05) is 5.57 Å². The van der Waals surface area contributed by atoms with Crippen LogP contribution in [0.2, 0.25) is 0 Å². The predicted octanol–water partition coefficient (Wildman–Crippen LogP) is 3.86. The van der Waals surface area contributed by atoms with E-state index in [-0.39, 0.29) is 5.97 Å². The fraction of sp³-hybridized carbons (Fsp3) is 0.769. The minimum atomic E-state index is -0.131. The number of esters is 1. The van der Waals surface area contributed by atoms with Gasteiger partial charge in [-0.05, 0) is 19.3 Å². The highest BCUT2D eigenvalue weighted by atomic mass is 16.5. The zero-order valence-electron chi connectivity index (χ0n) is 10.6. The predicted molar refractivity (Wildman–Crippen MR) is 63.8 cm³/mol. The molecule has 0 N–H and O–H groups in total. The largest absolute Gasteiger partial charge is 0.466 e. The van der Waals surface area contributed by atoms with Gasteiger partial charge >= 0.3 is 5.97 Å². The summed E-state index contributed by atoms with van der Waals surface area (Å²) in [6.45, 7) is 6.39. The van der Waals surface area contributed by atoms with Crippen LogP contribution in [0.4, 0.5) is 0 Å². The van der Waals surface area contributed by atoms with E-state index in [1.807, 2.05) is 0 Å². The molecule has 0 aromatic heterocycles. The maximum atomic E-state index is 11.6. The summed E-state index contributed by atoms with van der Waals surface area (Å²) >= 11 is 0. The fourth-order valence-electron chi connectivity index (χ4n) is 1.83. The molecule has 0 saturated heterocycles. The number of allylic oxidation sites excluding steroid dienone is 1. The van der Waals surface area contributed by atoms with E-state index in [0.717, 1.165) is 44.1 Å². The molecule has 0 atom stereocenters. The third kappa shape index (κ3) is 5.01. The number of carbonyl (C=O) groups is 1. The summed E-state index contributed by atoms with van der Waals surface area (Å²) in [7, 11) is 1.47. The van der Waals surface area contributed by atoms with E-state index in [9.17, 15) is 4.79 Å². The van der Waals surface area contributed by atoms with E-state index in [2.05, 4.69) is 20.8 Å². The molecule has 2 nitrogen and oxygen atoms in total. The highest BCUT2D eigenvalue weighted by Crippen LogP contribution is 2.21. The van der Waals surface area contributed by atoms with E-state index in [1.54, 1.807) is 0 Å². The van der Waals surface area contributed by atoms with Gasteiger partial charge in [-0.2, -0.15) is 0 Å². The smallest absolute Gasteiger partial charge is 0.333 e. The molecule has 0 rings (SSSR count). The minimum absolute atomic E-state index is 0.131. The Labute approximate surface area is 93.7 Å². The summed E-state index contributed by atoms with van der Waals surface area (Å²) in [5.74, 6) is -0.131. The molecule has 0 fully saturated rings. The number of hydrogen-bond acceptors (Lipinski definition) is 2. The molecule has 0 amide bonds. The van der Waals surface area contributed by atoms with Crippen molar-refractivity contribution in [2.45, 2.75) is 59.3 Å². The molecule has 0 spiro atoms. The topological polar surface area (TPSA) is 26.3 Å². The molecule has 0 heterocycles. The minimum Gasteiger partial charge on any atom is -0.466 e. The van der Waals surface area contributed by atoms with Crippen molar-refractivity contribution in [1.29, 1.82) is 0 Å². The first-order valence-corrected chi connectivity index (χ1v) is 6.00. The average Bonchev–Trinajstić information content (AvgIpc) is 2.25. The van der Waals surface area contributed by atoms with Gasteiger partial charge in [-0.3, -0.25) is 0 Å². The monoisotopic (exact) mass is 212 g/mol. The first-order chi connectivity index (χ1) is 7.21. The molecule has 0 aliphatic rings. The highest BCUT2D eigenvalue weighted by molar-refractivity contribution is 5.89. The average molecular weight is 212 g/mol. The van der Waals surface area contributed by atoms with Crippen molar-refractivity contribution >= 4 is 5.97 Å². The second kappa shape index (κ2) is 8.51. The van der Waals surface area contributed by atoms with E-state index in [1.165, 1.54) is 12.7 Å². The van der Waals surface area contributed by atoms with Crippen LogP contribution in [0.3, 0.4) is 0 Å². The molecule has 0 aliphatic heterocycles. The quantitative estimate of drug-likeness (QED) is 0.473. The van der Waals surface area contributed by atoms with Crippen molar-refractivity contribution in [2.75, 3.05) is 7.11 Å². The lowest BCUT2D eigenvalue weighted by atomic mass is 9.96. The van der Waals surface area contributed by atoms with Crippen LogP contribution in [0.5, 0.6) is 0 Å². The summed E-state index contributed by atoms with van der Waals surface area (Å²) in [5.41, 5.74) is 2.22. The molecule has 0 bridgehead atoms. The number of methoxy groups -OCH3 is 1. The van der Waals surface area contributed by atoms with Gasteiger partial charge in [0.25, 0.3) is 0 Å². The van der Waals surface area contributed by atoms with Gasteiger partial charge in [-0.25, -0.2) is 4.79 Å². The normalized spacial score (nSPS) is 9.87. The molecule has 0 aromatic carbocycles. The van der Waals surface area contributed by atoms with Gasteiger partial charge in [0.05, 0.1) is 7.11 Å². The van der Waals surface area contributed by atoms with Crippen LogP contribution in [-0.4, -0.2) is 13.1 Å². The van der Waals surface area contributed by atoms with Crippen molar-refractivity contribution < 1.29 is 9.53 Å². The zero-order chi connectivity index (χ0) is 11.7. The summed E-state index contributed by atoms with van der Waals surface area (Å²) in [6.07, 6.45) is 6.10. The van der Waals surface area contributed by atoms with Gasteiger partial charge < -0.3 is 4.74 Å². The third-order valence-corrected chi connectivity index (χ3v) is 2.46. The number of carbonyl (C=O) groups excluding carboxylic acids is 1. The van der Waals surface area contributed by atoms with E-state index in [4.69, 9.17) is 4.74 Å². The SMILES string of the molecule is CCCC(CCC)=C(CCC)C(=O)OC. The standard InChI is InChI=1S/C13H24O2/c1-5-8-11(9-6-2)12(10-7-3)13(14)15-4/h5-10H2,1-4H3. The Morgan fingerprint density at radius 2 is 1.40 bits per heavy atom. The van der Waals surface area contributed by atoms with Crippen molar-refractivity contribution in [3.63, 3.8) is 0 Å². The molecular weight excluding hydrogens is 188 g/mol. The van der Waals surface area contributed by atoms with Gasteiger partial charge in [0.2, 0.25) is 0 Å². The first-order valence-electron chi connectivity index (χ1n) is 6.00. The molecular formula is C13H24O2. The maximum Gasteiger partial charge on any atom is 0.333 e. The van der Waals surface area contributed by atoms with Crippen molar-refractivity contribution in [2.24, 2.45) is 0 Å². The van der Waals surface area contributed by atoms with Crippen LogP contribution >= 0.6 is 0 Å². The summed E-state index contributed by atoms with van der Waals surface area (Å²) in [4.78, 5) is 11.6. The van der Waals surface area contributed by atoms with Crippen LogP contribution in [0.25, 0.3) is 0 Å². The van der Waals surface area contributed by atoms with E-state index in [0.29, 0.717) is 0 Å².